The SMILES string of the molecule is CCOC(=O)C1=C(O)CC[C@@H](C(=O)OCC)[C@@H]1c1ccccc1. The molecule has 23 heavy (non-hydrogen) atoms. The van der Waals surface area contributed by atoms with E-state index in [1.54, 1.807) is 13.8 Å². The molecule has 1 N–H and O–H groups in total. The van der Waals surface area contributed by atoms with E-state index in [4.69, 9.17) is 9.47 Å². The summed E-state index contributed by atoms with van der Waals surface area (Å²) in [4.78, 5) is 24.7. The lowest BCUT2D eigenvalue weighted by atomic mass is 9.73. The summed E-state index contributed by atoms with van der Waals surface area (Å²) in [6.45, 7) is 3.94. The Hall–Kier alpha value is -2.30. The van der Waals surface area contributed by atoms with Gasteiger partial charge in [0, 0.05) is 12.3 Å². The summed E-state index contributed by atoms with van der Waals surface area (Å²) in [7, 11) is 0. The van der Waals surface area contributed by atoms with Crippen LogP contribution in [-0.2, 0) is 19.1 Å². The third-order valence-corrected chi connectivity index (χ3v) is 3.96. The molecule has 2 rings (SSSR count). The number of hydrogen-bond donors (Lipinski definition) is 1. The molecular formula is C18H22O5. The molecule has 0 amide bonds. The van der Waals surface area contributed by atoms with Crippen molar-refractivity contribution in [2.75, 3.05) is 13.2 Å². The van der Waals surface area contributed by atoms with E-state index in [1.165, 1.54) is 0 Å². The van der Waals surface area contributed by atoms with Crippen molar-refractivity contribution in [1.82, 2.24) is 0 Å². The minimum Gasteiger partial charge on any atom is -0.512 e. The molecule has 0 aromatic heterocycles. The number of esters is 2. The largest absolute Gasteiger partial charge is 0.512 e. The zero-order valence-corrected chi connectivity index (χ0v) is 13.5. The minimum absolute atomic E-state index is 0.00199. The first-order valence-corrected chi connectivity index (χ1v) is 7.90. The molecule has 5 nitrogen and oxygen atoms in total. The van der Waals surface area contributed by atoms with Crippen LogP contribution in [-0.4, -0.2) is 30.3 Å². The van der Waals surface area contributed by atoms with Crippen LogP contribution in [0.2, 0.25) is 0 Å². The van der Waals surface area contributed by atoms with Crippen LogP contribution in [0.5, 0.6) is 0 Å². The lowest BCUT2D eigenvalue weighted by Crippen LogP contribution is -2.33. The number of benzene rings is 1. The number of aliphatic hydroxyl groups is 1. The highest BCUT2D eigenvalue weighted by Gasteiger charge is 2.41. The summed E-state index contributed by atoms with van der Waals surface area (Å²) in [5.41, 5.74) is 0.960. The molecule has 0 unspecified atom stereocenters. The van der Waals surface area contributed by atoms with E-state index in [-0.39, 0.29) is 36.9 Å². The molecule has 0 aliphatic heterocycles. The first-order valence-electron chi connectivity index (χ1n) is 7.90. The Morgan fingerprint density at radius 2 is 1.78 bits per heavy atom. The first kappa shape index (κ1) is 17.1. The third kappa shape index (κ3) is 3.73. The lowest BCUT2D eigenvalue weighted by Gasteiger charge is -2.31. The molecule has 1 aromatic carbocycles. The van der Waals surface area contributed by atoms with E-state index in [2.05, 4.69) is 0 Å². The normalized spacial score (nSPS) is 21.0. The summed E-state index contributed by atoms with van der Waals surface area (Å²) < 4.78 is 10.2. The second kappa shape index (κ2) is 7.81. The summed E-state index contributed by atoms with van der Waals surface area (Å²) in [6, 6.07) is 9.22. The van der Waals surface area contributed by atoms with Crippen LogP contribution in [0.3, 0.4) is 0 Å². The van der Waals surface area contributed by atoms with Crippen molar-refractivity contribution in [3.05, 3.63) is 47.2 Å². The van der Waals surface area contributed by atoms with Crippen molar-refractivity contribution in [1.29, 1.82) is 0 Å². The van der Waals surface area contributed by atoms with Gasteiger partial charge in [0.15, 0.2) is 0 Å². The maximum absolute atomic E-state index is 12.3. The predicted octanol–water partition coefficient (Wildman–Crippen LogP) is 3.12. The fourth-order valence-electron chi connectivity index (χ4n) is 2.99. The highest BCUT2D eigenvalue weighted by molar-refractivity contribution is 5.93. The maximum Gasteiger partial charge on any atom is 0.338 e. The summed E-state index contributed by atoms with van der Waals surface area (Å²) >= 11 is 0. The van der Waals surface area contributed by atoms with Gasteiger partial charge >= 0.3 is 11.9 Å². The number of rotatable bonds is 5. The lowest BCUT2D eigenvalue weighted by molar-refractivity contribution is -0.149. The number of ether oxygens (including phenoxy) is 2. The molecule has 0 bridgehead atoms. The molecular weight excluding hydrogens is 296 g/mol. The highest BCUT2D eigenvalue weighted by atomic mass is 16.5. The Morgan fingerprint density at radius 3 is 2.39 bits per heavy atom. The van der Waals surface area contributed by atoms with Gasteiger partial charge in [0.25, 0.3) is 0 Å². The molecule has 124 valence electrons. The van der Waals surface area contributed by atoms with E-state index in [9.17, 15) is 14.7 Å². The zero-order chi connectivity index (χ0) is 16.8. The molecule has 0 radical (unpaired) electrons. The van der Waals surface area contributed by atoms with Crippen molar-refractivity contribution in [2.45, 2.75) is 32.6 Å². The van der Waals surface area contributed by atoms with Crippen LogP contribution in [0.1, 0.15) is 38.2 Å². The van der Waals surface area contributed by atoms with Crippen LogP contribution in [0.15, 0.2) is 41.7 Å². The molecule has 2 atom stereocenters. The Balaban J connectivity index is 2.47. The van der Waals surface area contributed by atoms with Gasteiger partial charge in [-0.05, 0) is 25.8 Å². The van der Waals surface area contributed by atoms with Crippen molar-refractivity contribution in [3.63, 3.8) is 0 Å². The first-order chi connectivity index (χ1) is 11.1. The highest BCUT2D eigenvalue weighted by Crippen LogP contribution is 2.42. The maximum atomic E-state index is 12.3. The van der Waals surface area contributed by atoms with Gasteiger partial charge in [-0.1, -0.05) is 30.3 Å². The Labute approximate surface area is 135 Å². The van der Waals surface area contributed by atoms with Crippen LogP contribution < -0.4 is 0 Å². The van der Waals surface area contributed by atoms with Crippen molar-refractivity contribution < 1.29 is 24.2 Å². The number of aliphatic hydroxyl groups excluding tert-OH is 1. The molecule has 1 aromatic rings. The smallest absolute Gasteiger partial charge is 0.338 e. The standard InChI is InChI=1S/C18H22O5/c1-3-22-17(20)13-10-11-14(19)16(18(21)23-4-2)15(13)12-8-6-5-7-9-12/h5-9,13,15,19H,3-4,10-11H2,1-2H3/t13-,15+/m1/s1. The van der Waals surface area contributed by atoms with Gasteiger partial charge in [-0.2, -0.15) is 0 Å². The van der Waals surface area contributed by atoms with Crippen molar-refractivity contribution in [2.24, 2.45) is 5.92 Å². The molecule has 5 heteroatoms. The second-order valence-corrected chi connectivity index (χ2v) is 5.37. The average Bonchev–Trinajstić information content (AvgIpc) is 2.55. The molecule has 1 aliphatic rings. The summed E-state index contributed by atoms with van der Waals surface area (Å²) in [5.74, 6) is -1.99. The van der Waals surface area contributed by atoms with Crippen LogP contribution in [0.25, 0.3) is 0 Å². The fraction of sp³-hybridized carbons (Fsp3) is 0.444. The quantitative estimate of drug-likeness (QED) is 0.844. The Morgan fingerprint density at radius 1 is 1.13 bits per heavy atom. The van der Waals surface area contributed by atoms with Gasteiger partial charge in [0.2, 0.25) is 0 Å². The second-order valence-electron chi connectivity index (χ2n) is 5.37. The molecule has 0 fully saturated rings. The van der Waals surface area contributed by atoms with E-state index in [0.29, 0.717) is 6.42 Å². The predicted molar refractivity (Wildman–Crippen MR) is 84.8 cm³/mol. The van der Waals surface area contributed by atoms with Gasteiger partial charge in [-0.3, -0.25) is 4.79 Å². The van der Waals surface area contributed by atoms with Crippen LogP contribution in [0.4, 0.5) is 0 Å². The third-order valence-electron chi connectivity index (χ3n) is 3.96. The van der Waals surface area contributed by atoms with Crippen LogP contribution >= 0.6 is 0 Å². The number of hydrogen-bond acceptors (Lipinski definition) is 5. The molecule has 1 aliphatic carbocycles. The number of allylic oxidation sites excluding steroid dienone is 1. The summed E-state index contributed by atoms with van der Waals surface area (Å²) in [6.07, 6.45) is 0.702. The topological polar surface area (TPSA) is 72.8 Å². The van der Waals surface area contributed by atoms with E-state index < -0.39 is 17.8 Å². The molecule has 0 saturated heterocycles. The molecule has 0 saturated carbocycles. The van der Waals surface area contributed by atoms with Crippen molar-refractivity contribution >= 4 is 11.9 Å². The number of carbonyl (C=O) groups is 2. The monoisotopic (exact) mass is 318 g/mol. The van der Waals surface area contributed by atoms with Gasteiger partial charge in [0.05, 0.1) is 24.7 Å². The van der Waals surface area contributed by atoms with Crippen molar-refractivity contribution in [3.8, 4) is 0 Å². The van der Waals surface area contributed by atoms with Crippen LogP contribution in [0, 0.1) is 5.92 Å². The Kier molecular flexibility index (Phi) is 5.79. The average molecular weight is 318 g/mol. The zero-order valence-electron chi connectivity index (χ0n) is 13.5. The number of carbonyl (C=O) groups excluding carboxylic acids is 2. The van der Waals surface area contributed by atoms with Gasteiger partial charge in [-0.15, -0.1) is 0 Å². The van der Waals surface area contributed by atoms with Gasteiger partial charge in [-0.25, -0.2) is 4.79 Å². The molecule has 0 spiro atoms. The summed E-state index contributed by atoms with van der Waals surface area (Å²) in [5, 5.41) is 10.3. The molecule has 0 heterocycles. The van der Waals surface area contributed by atoms with E-state index in [1.807, 2.05) is 30.3 Å². The minimum atomic E-state index is -0.576. The van der Waals surface area contributed by atoms with E-state index >= 15 is 0 Å². The van der Waals surface area contributed by atoms with Gasteiger partial charge < -0.3 is 14.6 Å². The Bertz CT molecular complexity index is 591. The van der Waals surface area contributed by atoms with Gasteiger partial charge in [0.1, 0.15) is 5.76 Å². The fourth-order valence-corrected chi connectivity index (χ4v) is 2.99. The van der Waals surface area contributed by atoms with E-state index in [0.717, 1.165) is 5.56 Å².